The van der Waals surface area contributed by atoms with Gasteiger partial charge in [0.1, 0.15) is 10.6 Å². The number of fused-ring (bicyclic) bond motifs is 1. The first kappa shape index (κ1) is 27.8. The fourth-order valence-corrected chi connectivity index (χ4v) is 4.85. The fraction of sp³-hybridized carbons (Fsp3) is 0.227. The van der Waals surface area contributed by atoms with Gasteiger partial charge in [0.15, 0.2) is 27.9 Å². The Bertz CT molecular complexity index is 1680. The second-order valence-electron chi connectivity index (χ2n) is 7.89. The molecule has 0 aliphatic heterocycles. The van der Waals surface area contributed by atoms with Gasteiger partial charge in [0, 0.05) is 21.8 Å². The van der Waals surface area contributed by atoms with E-state index < -0.39 is 40.0 Å². The Morgan fingerprint density at radius 1 is 1.00 bits per heavy atom. The van der Waals surface area contributed by atoms with Crippen molar-refractivity contribution in [1.82, 2.24) is 19.2 Å². The summed E-state index contributed by atoms with van der Waals surface area (Å²) < 4.78 is 95.5. The third-order valence-electron chi connectivity index (χ3n) is 5.27. The molecule has 0 N–H and O–H groups in total. The van der Waals surface area contributed by atoms with Crippen molar-refractivity contribution in [2.24, 2.45) is 0 Å². The van der Waals surface area contributed by atoms with E-state index in [4.69, 9.17) is 23.2 Å². The van der Waals surface area contributed by atoms with Crippen LogP contribution in [0.5, 0.6) is 5.75 Å². The average Bonchev–Trinajstić information content (AvgIpc) is 3.16. The van der Waals surface area contributed by atoms with E-state index in [2.05, 4.69) is 14.8 Å². The van der Waals surface area contributed by atoms with Crippen molar-refractivity contribution in [2.75, 3.05) is 12.4 Å². The minimum Gasteiger partial charge on any atom is -0.485 e. The standard InChI is InChI=1S/C22H15Cl2F5N4O4S/c1-2-38(35,36)17-7-13(12-5-14(23)8-15(24)6-12)9-30-19(17)33-20(34)32-10-16(3-4-18(32)31-33)37-11-21(25,26)22(27,28)29/h3-10H,2,11H2,1H3. The van der Waals surface area contributed by atoms with Crippen molar-refractivity contribution in [3.63, 3.8) is 0 Å². The molecule has 0 aliphatic carbocycles. The van der Waals surface area contributed by atoms with E-state index in [1.54, 1.807) is 0 Å². The van der Waals surface area contributed by atoms with Gasteiger partial charge in [-0.2, -0.15) is 26.6 Å². The Hall–Kier alpha value is -3.23. The molecule has 0 radical (unpaired) electrons. The number of ether oxygens (including phenoxy) is 1. The zero-order chi connectivity index (χ0) is 28.0. The summed E-state index contributed by atoms with van der Waals surface area (Å²) in [5.41, 5.74) is -0.291. The number of sulfone groups is 1. The summed E-state index contributed by atoms with van der Waals surface area (Å²) in [6.45, 7) is -0.630. The number of rotatable bonds is 7. The number of alkyl halides is 5. The molecular formula is C22H15Cl2F5N4O4S. The third kappa shape index (κ3) is 5.33. The summed E-state index contributed by atoms with van der Waals surface area (Å²) >= 11 is 12.1. The van der Waals surface area contributed by atoms with Crippen LogP contribution in [-0.2, 0) is 9.84 Å². The summed E-state index contributed by atoms with van der Waals surface area (Å²) in [5.74, 6) is -6.32. The summed E-state index contributed by atoms with van der Waals surface area (Å²) in [6, 6.07) is 7.97. The largest absolute Gasteiger partial charge is 0.485 e. The summed E-state index contributed by atoms with van der Waals surface area (Å²) in [6.07, 6.45) is -3.70. The van der Waals surface area contributed by atoms with Crippen LogP contribution in [0.1, 0.15) is 6.92 Å². The van der Waals surface area contributed by atoms with Crippen LogP contribution in [0.15, 0.2) is 58.5 Å². The molecule has 1 aromatic carbocycles. The first-order valence-electron chi connectivity index (χ1n) is 10.5. The van der Waals surface area contributed by atoms with Gasteiger partial charge in [-0.1, -0.05) is 30.1 Å². The maximum Gasteiger partial charge on any atom is 0.456 e. The lowest BCUT2D eigenvalue weighted by Gasteiger charge is -2.19. The third-order valence-corrected chi connectivity index (χ3v) is 7.44. The lowest BCUT2D eigenvalue weighted by atomic mass is 10.1. The summed E-state index contributed by atoms with van der Waals surface area (Å²) in [5, 5.41) is 4.61. The Morgan fingerprint density at radius 2 is 1.66 bits per heavy atom. The van der Waals surface area contributed by atoms with E-state index in [1.807, 2.05) is 0 Å². The minimum atomic E-state index is -5.83. The van der Waals surface area contributed by atoms with Gasteiger partial charge >= 0.3 is 17.8 Å². The van der Waals surface area contributed by atoms with E-state index >= 15 is 0 Å². The first-order valence-corrected chi connectivity index (χ1v) is 12.9. The predicted octanol–water partition coefficient (Wildman–Crippen LogP) is 5.22. The molecule has 0 aliphatic rings. The molecule has 38 heavy (non-hydrogen) atoms. The molecule has 0 atom stereocenters. The highest BCUT2D eigenvalue weighted by Gasteiger charge is 2.58. The van der Waals surface area contributed by atoms with E-state index in [-0.39, 0.29) is 22.1 Å². The van der Waals surface area contributed by atoms with Crippen LogP contribution in [0.25, 0.3) is 22.6 Å². The van der Waals surface area contributed by atoms with E-state index in [9.17, 15) is 35.2 Å². The molecule has 3 aromatic heterocycles. The molecule has 0 saturated carbocycles. The molecule has 0 unspecified atom stereocenters. The molecular weight excluding hydrogens is 582 g/mol. The normalized spacial score (nSPS) is 12.7. The highest BCUT2D eigenvalue weighted by Crippen LogP contribution is 2.36. The topological polar surface area (TPSA) is 95.6 Å². The van der Waals surface area contributed by atoms with E-state index in [0.29, 0.717) is 25.9 Å². The van der Waals surface area contributed by atoms with Gasteiger partial charge in [-0.05, 0) is 42.0 Å². The fourth-order valence-electron chi connectivity index (χ4n) is 3.29. The smallest absolute Gasteiger partial charge is 0.456 e. The lowest BCUT2D eigenvalue weighted by molar-refractivity contribution is -0.290. The molecule has 0 saturated heterocycles. The van der Waals surface area contributed by atoms with Crippen molar-refractivity contribution in [3.05, 3.63) is 69.3 Å². The number of halogens is 7. The monoisotopic (exact) mass is 596 g/mol. The summed E-state index contributed by atoms with van der Waals surface area (Å²) in [4.78, 5) is 16.9. The number of aromatic nitrogens is 4. The Balaban J connectivity index is 1.80. The van der Waals surface area contributed by atoms with Crippen LogP contribution < -0.4 is 10.4 Å². The quantitative estimate of drug-likeness (QED) is 0.271. The summed E-state index contributed by atoms with van der Waals surface area (Å²) in [7, 11) is -3.98. The number of benzene rings is 1. The molecule has 4 rings (SSSR count). The lowest BCUT2D eigenvalue weighted by Crippen LogP contribution is -2.41. The van der Waals surface area contributed by atoms with Gasteiger partial charge in [-0.3, -0.25) is 0 Å². The first-order chi connectivity index (χ1) is 17.6. The molecule has 0 amide bonds. The number of nitrogens with zero attached hydrogens (tertiary/aromatic N) is 4. The van der Waals surface area contributed by atoms with E-state index in [0.717, 1.165) is 22.7 Å². The van der Waals surface area contributed by atoms with Gasteiger partial charge < -0.3 is 4.74 Å². The van der Waals surface area contributed by atoms with Crippen LogP contribution in [0, 0.1) is 0 Å². The van der Waals surface area contributed by atoms with Crippen LogP contribution in [0.2, 0.25) is 10.0 Å². The van der Waals surface area contributed by atoms with Gasteiger partial charge in [0.05, 0.1) is 11.9 Å². The SMILES string of the molecule is CCS(=O)(=O)c1cc(-c2cc(Cl)cc(Cl)c2)cnc1-n1nc2ccc(OCC(F)(F)C(F)(F)F)cn2c1=O. The molecule has 8 nitrogen and oxygen atoms in total. The number of hydrogen-bond donors (Lipinski definition) is 0. The molecule has 0 fully saturated rings. The zero-order valence-electron chi connectivity index (χ0n) is 19.0. The Morgan fingerprint density at radius 3 is 2.26 bits per heavy atom. The van der Waals surface area contributed by atoms with Crippen LogP contribution in [-0.4, -0.2) is 52.0 Å². The molecule has 0 bridgehead atoms. The average molecular weight is 597 g/mol. The number of pyridine rings is 2. The van der Waals surface area contributed by atoms with Crippen molar-refractivity contribution >= 4 is 38.7 Å². The minimum absolute atomic E-state index is 0.0859. The van der Waals surface area contributed by atoms with Crippen LogP contribution in [0.3, 0.4) is 0 Å². The van der Waals surface area contributed by atoms with Crippen LogP contribution in [0.4, 0.5) is 22.0 Å². The Kier molecular flexibility index (Phi) is 7.18. The van der Waals surface area contributed by atoms with Gasteiger partial charge in [-0.25, -0.2) is 22.6 Å². The predicted molar refractivity (Wildman–Crippen MR) is 128 cm³/mol. The molecule has 0 spiro atoms. The zero-order valence-corrected chi connectivity index (χ0v) is 21.3. The molecule has 3 heterocycles. The maximum absolute atomic E-state index is 13.2. The second-order valence-corrected chi connectivity index (χ2v) is 11.0. The van der Waals surface area contributed by atoms with Crippen molar-refractivity contribution in [1.29, 1.82) is 0 Å². The molecule has 202 valence electrons. The van der Waals surface area contributed by atoms with Crippen molar-refractivity contribution in [3.8, 4) is 22.7 Å². The molecule has 4 aromatic rings. The van der Waals surface area contributed by atoms with Gasteiger partial charge in [0.25, 0.3) is 0 Å². The van der Waals surface area contributed by atoms with Crippen molar-refractivity contribution in [2.45, 2.75) is 23.9 Å². The second kappa shape index (κ2) is 9.82. The van der Waals surface area contributed by atoms with E-state index in [1.165, 1.54) is 37.4 Å². The van der Waals surface area contributed by atoms with Crippen molar-refractivity contribution < 1.29 is 35.1 Å². The van der Waals surface area contributed by atoms with Gasteiger partial charge in [-0.15, -0.1) is 5.10 Å². The highest BCUT2D eigenvalue weighted by atomic mass is 35.5. The highest BCUT2D eigenvalue weighted by molar-refractivity contribution is 7.91. The molecule has 16 heteroatoms. The Labute approximate surface area is 221 Å². The maximum atomic E-state index is 13.2. The number of hydrogen-bond acceptors (Lipinski definition) is 6. The van der Waals surface area contributed by atoms with Gasteiger partial charge in [0.2, 0.25) is 0 Å². The van der Waals surface area contributed by atoms with Crippen LogP contribution >= 0.6 is 23.2 Å².